The van der Waals surface area contributed by atoms with Crippen LogP contribution in [0.25, 0.3) is 0 Å². The van der Waals surface area contributed by atoms with Gasteiger partial charge in [0.15, 0.2) is 0 Å². The lowest BCUT2D eigenvalue weighted by molar-refractivity contribution is -0.163. The maximum absolute atomic E-state index is 11.6. The van der Waals surface area contributed by atoms with E-state index in [0.29, 0.717) is 6.42 Å². The van der Waals surface area contributed by atoms with Crippen LogP contribution in [-0.2, 0) is 14.3 Å². The van der Waals surface area contributed by atoms with E-state index in [1.54, 1.807) is 0 Å². The van der Waals surface area contributed by atoms with Crippen LogP contribution < -0.4 is 0 Å². The lowest BCUT2D eigenvalue weighted by atomic mass is 10.00. The van der Waals surface area contributed by atoms with Gasteiger partial charge in [-0.1, -0.05) is 40.0 Å². The molecule has 0 aromatic rings. The first-order valence-electron chi connectivity index (χ1n) is 6.40. The van der Waals surface area contributed by atoms with E-state index in [0.717, 1.165) is 38.5 Å². The molecule has 0 saturated carbocycles. The van der Waals surface area contributed by atoms with Gasteiger partial charge in [0, 0.05) is 6.42 Å². The molecular formula is C13H24O3. The van der Waals surface area contributed by atoms with Crippen molar-refractivity contribution >= 4 is 11.9 Å². The molecule has 0 aromatic carbocycles. The Morgan fingerprint density at radius 1 is 1.06 bits per heavy atom. The van der Waals surface area contributed by atoms with Crippen LogP contribution in [0.1, 0.15) is 65.7 Å². The Labute approximate surface area is 98.6 Å². The Morgan fingerprint density at radius 3 is 2.19 bits per heavy atom. The Hall–Kier alpha value is -0.860. The van der Waals surface area contributed by atoms with Crippen LogP contribution >= 0.6 is 0 Å². The number of unbranched alkanes of at least 4 members (excludes halogenated alkanes) is 2. The highest BCUT2D eigenvalue weighted by Crippen LogP contribution is 2.14. The smallest absolute Gasteiger partial charge is 0.316 e. The largest absolute Gasteiger partial charge is 0.393 e. The summed E-state index contributed by atoms with van der Waals surface area (Å²) in [5.74, 6) is -0.815. The van der Waals surface area contributed by atoms with Gasteiger partial charge in [-0.15, -0.1) is 0 Å². The van der Waals surface area contributed by atoms with Crippen molar-refractivity contribution < 1.29 is 14.3 Å². The van der Waals surface area contributed by atoms with Gasteiger partial charge in [-0.05, 0) is 19.3 Å². The number of rotatable bonds is 8. The van der Waals surface area contributed by atoms with Crippen LogP contribution in [0, 0.1) is 5.92 Å². The summed E-state index contributed by atoms with van der Waals surface area (Å²) in [5.41, 5.74) is 0. The molecule has 0 fully saturated rings. The summed E-state index contributed by atoms with van der Waals surface area (Å²) in [6.45, 7) is 6.05. The summed E-state index contributed by atoms with van der Waals surface area (Å²) in [4.78, 5) is 22.9. The lowest BCUT2D eigenvalue weighted by Crippen LogP contribution is -2.20. The predicted molar refractivity (Wildman–Crippen MR) is 63.9 cm³/mol. The third-order valence-electron chi connectivity index (χ3n) is 2.68. The molecule has 0 aliphatic heterocycles. The Kier molecular flexibility index (Phi) is 8.87. The van der Waals surface area contributed by atoms with Crippen molar-refractivity contribution in [1.29, 1.82) is 0 Å². The summed E-state index contributed by atoms with van der Waals surface area (Å²) in [6, 6.07) is 0. The predicted octanol–water partition coefficient (Wildman–Crippen LogP) is 3.46. The summed E-state index contributed by atoms with van der Waals surface area (Å²) in [5, 5.41) is 0. The van der Waals surface area contributed by atoms with Gasteiger partial charge in [0.2, 0.25) is 0 Å². The molecule has 3 nitrogen and oxygen atoms in total. The third kappa shape index (κ3) is 6.59. The first kappa shape index (κ1) is 15.1. The summed E-state index contributed by atoms with van der Waals surface area (Å²) in [7, 11) is 0. The van der Waals surface area contributed by atoms with Crippen LogP contribution in [0.15, 0.2) is 0 Å². The minimum atomic E-state index is -0.373. The van der Waals surface area contributed by atoms with E-state index >= 15 is 0 Å². The minimum absolute atomic E-state index is 0.106. The second-order valence-electron chi connectivity index (χ2n) is 4.14. The van der Waals surface area contributed by atoms with Crippen molar-refractivity contribution in [3.63, 3.8) is 0 Å². The highest BCUT2D eigenvalue weighted by Gasteiger charge is 2.20. The fraction of sp³-hybridized carbons (Fsp3) is 0.846. The molecule has 0 aromatic heterocycles. The zero-order chi connectivity index (χ0) is 12.4. The zero-order valence-corrected chi connectivity index (χ0v) is 10.8. The standard InChI is InChI=1S/C13H24O3/c1-4-7-9-11(6-3)13(15)16-12(14)10-8-5-2/h11H,4-10H2,1-3H3. The third-order valence-corrected chi connectivity index (χ3v) is 2.68. The molecule has 0 bridgehead atoms. The van der Waals surface area contributed by atoms with Crippen molar-refractivity contribution in [1.82, 2.24) is 0 Å². The van der Waals surface area contributed by atoms with Gasteiger partial charge in [-0.2, -0.15) is 0 Å². The number of carbonyl (C=O) groups is 2. The van der Waals surface area contributed by atoms with Gasteiger partial charge >= 0.3 is 11.9 Å². The highest BCUT2D eigenvalue weighted by atomic mass is 16.6. The van der Waals surface area contributed by atoms with Crippen LogP contribution in [0.2, 0.25) is 0 Å². The second-order valence-corrected chi connectivity index (χ2v) is 4.14. The Balaban J connectivity index is 3.95. The average Bonchev–Trinajstić information content (AvgIpc) is 2.27. The fourth-order valence-corrected chi connectivity index (χ4v) is 1.51. The monoisotopic (exact) mass is 228 g/mol. The Bertz CT molecular complexity index is 211. The molecule has 3 heteroatoms. The molecule has 0 spiro atoms. The average molecular weight is 228 g/mol. The molecule has 0 heterocycles. The van der Waals surface area contributed by atoms with Crippen molar-refractivity contribution in [2.45, 2.75) is 65.7 Å². The molecule has 0 aliphatic rings. The molecule has 1 unspecified atom stereocenters. The molecule has 0 amide bonds. The summed E-state index contributed by atoms with van der Waals surface area (Å²) < 4.78 is 4.82. The summed E-state index contributed by atoms with van der Waals surface area (Å²) >= 11 is 0. The first-order valence-corrected chi connectivity index (χ1v) is 6.40. The molecule has 0 saturated heterocycles. The van der Waals surface area contributed by atoms with Crippen molar-refractivity contribution in [2.24, 2.45) is 5.92 Å². The SMILES string of the molecule is CCCCC(=O)OC(=O)C(CC)CCCC. The molecule has 94 valence electrons. The molecule has 0 N–H and O–H groups in total. The van der Waals surface area contributed by atoms with Crippen LogP contribution in [0.3, 0.4) is 0 Å². The van der Waals surface area contributed by atoms with Crippen LogP contribution in [0.4, 0.5) is 0 Å². The zero-order valence-electron chi connectivity index (χ0n) is 10.8. The molecule has 0 aliphatic carbocycles. The van der Waals surface area contributed by atoms with E-state index in [2.05, 4.69) is 6.92 Å². The number of carbonyl (C=O) groups excluding carboxylic acids is 2. The van der Waals surface area contributed by atoms with E-state index in [1.807, 2.05) is 13.8 Å². The number of hydrogen-bond acceptors (Lipinski definition) is 3. The van der Waals surface area contributed by atoms with E-state index in [9.17, 15) is 9.59 Å². The Morgan fingerprint density at radius 2 is 1.69 bits per heavy atom. The van der Waals surface area contributed by atoms with Crippen LogP contribution in [0.5, 0.6) is 0 Å². The second kappa shape index (κ2) is 9.37. The van der Waals surface area contributed by atoms with E-state index in [4.69, 9.17) is 4.74 Å². The molecular weight excluding hydrogens is 204 g/mol. The number of hydrogen-bond donors (Lipinski definition) is 0. The van der Waals surface area contributed by atoms with Crippen molar-refractivity contribution in [2.75, 3.05) is 0 Å². The number of esters is 2. The highest BCUT2D eigenvalue weighted by molar-refractivity contribution is 5.86. The first-order chi connectivity index (χ1) is 7.65. The van der Waals surface area contributed by atoms with Gasteiger partial charge < -0.3 is 4.74 Å². The minimum Gasteiger partial charge on any atom is -0.393 e. The van der Waals surface area contributed by atoms with Gasteiger partial charge in [0.1, 0.15) is 0 Å². The molecule has 1 atom stereocenters. The molecule has 0 rings (SSSR count). The van der Waals surface area contributed by atoms with E-state index in [1.165, 1.54) is 0 Å². The maximum atomic E-state index is 11.6. The van der Waals surface area contributed by atoms with E-state index in [-0.39, 0.29) is 17.9 Å². The maximum Gasteiger partial charge on any atom is 0.316 e. The normalized spacial score (nSPS) is 12.2. The van der Waals surface area contributed by atoms with Crippen LogP contribution in [-0.4, -0.2) is 11.9 Å². The number of ether oxygens (including phenoxy) is 1. The summed E-state index contributed by atoms with van der Waals surface area (Å²) in [6.07, 6.45) is 5.73. The molecule has 0 radical (unpaired) electrons. The molecule has 16 heavy (non-hydrogen) atoms. The van der Waals surface area contributed by atoms with Crippen molar-refractivity contribution in [3.05, 3.63) is 0 Å². The fourth-order valence-electron chi connectivity index (χ4n) is 1.51. The van der Waals surface area contributed by atoms with Gasteiger partial charge in [-0.3, -0.25) is 9.59 Å². The van der Waals surface area contributed by atoms with Gasteiger partial charge in [0.05, 0.1) is 5.92 Å². The van der Waals surface area contributed by atoms with Gasteiger partial charge in [0.25, 0.3) is 0 Å². The van der Waals surface area contributed by atoms with Crippen molar-refractivity contribution in [3.8, 4) is 0 Å². The topological polar surface area (TPSA) is 43.4 Å². The lowest BCUT2D eigenvalue weighted by Gasteiger charge is -2.12. The quantitative estimate of drug-likeness (QED) is 0.472. The van der Waals surface area contributed by atoms with E-state index < -0.39 is 0 Å². The van der Waals surface area contributed by atoms with Gasteiger partial charge in [-0.25, -0.2) is 0 Å².